The van der Waals surface area contributed by atoms with Crippen molar-refractivity contribution in [3.63, 3.8) is 0 Å². The molecule has 0 radical (unpaired) electrons. The van der Waals surface area contributed by atoms with Gasteiger partial charge in [-0.3, -0.25) is 14.6 Å². The first-order valence-corrected chi connectivity index (χ1v) is 34.6. The largest absolute Gasteiger partial charge is 0.377 e. The van der Waals surface area contributed by atoms with Gasteiger partial charge in [-0.25, -0.2) is 44.3 Å². The van der Waals surface area contributed by atoms with Gasteiger partial charge in [0.25, 0.3) is 0 Å². The van der Waals surface area contributed by atoms with Crippen LogP contribution in [0.25, 0.3) is 34.2 Å². The third kappa shape index (κ3) is 20.2. The van der Waals surface area contributed by atoms with Crippen LogP contribution in [0.15, 0.2) is 72.8 Å². The predicted octanol–water partition coefficient (Wildman–Crippen LogP) is 9.15. The molecular formula is C74H108N18O9. The minimum Gasteiger partial charge on any atom is -0.377 e. The van der Waals surface area contributed by atoms with Gasteiger partial charge in [0, 0.05) is 122 Å². The molecule has 0 spiro atoms. The van der Waals surface area contributed by atoms with Crippen LogP contribution in [-0.2, 0) is 67.4 Å². The number of rotatable bonds is 16. The summed E-state index contributed by atoms with van der Waals surface area (Å²) < 4.78 is 28.7. The van der Waals surface area contributed by atoms with Crippen molar-refractivity contribution in [2.45, 2.75) is 140 Å². The zero-order valence-electron chi connectivity index (χ0n) is 57.9. The van der Waals surface area contributed by atoms with Crippen molar-refractivity contribution in [2.24, 2.45) is 0 Å². The molecule has 7 aliphatic rings. The molecule has 7 N–H and O–H groups in total. The van der Waals surface area contributed by atoms with Gasteiger partial charge in [-0.2, -0.15) is 0 Å². The van der Waals surface area contributed by atoms with Crippen molar-refractivity contribution >= 4 is 58.4 Å². The smallest absolute Gasteiger partial charge is 0.319 e. The van der Waals surface area contributed by atoms with Gasteiger partial charge in [-0.15, -0.1) is 0 Å². The Morgan fingerprint density at radius 2 is 0.842 bits per heavy atom. The van der Waals surface area contributed by atoms with Crippen LogP contribution in [0.5, 0.6) is 0 Å². The monoisotopic (exact) mass is 1390 g/mol. The van der Waals surface area contributed by atoms with Gasteiger partial charge in [0.15, 0.2) is 23.3 Å². The number of nitrogens with zero attached hydrogens (tertiary/aromatic N) is 11. The highest BCUT2D eigenvalue weighted by atomic mass is 16.7. The normalized spacial score (nSPS) is 19.2. The molecule has 548 valence electrons. The van der Waals surface area contributed by atoms with E-state index in [1.165, 1.54) is 16.7 Å². The fraction of sp³-hybridized carbons (Fsp3) is 0.541. The first kappa shape index (κ1) is 78.2. The topological polar surface area (TPSA) is 292 Å². The second kappa shape index (κ2) is 36.9. The standard InChI is InChI=1S/C26H36N6O4.C24H32N6O3.C21H28N6O2.3CH4/c1-4-27-25(33)28-20-7-5-19(6-8-20)23-29-22-15-31(17-26(3)35-13-14-36-26)10-9-21(22)24(30-23)32-11-12-34-16-18(32)2;1-4-25-24(32)26-19-7-5-18(6-8-19)22-27-21-14-29(13-17(3)31)10-9-20(21)23(28-22)30-11-12-33-15-16(30)2;1-3-23-21(28)24-16-6-4-15(5-7-16)19-25-18-12-22-9-8-17(18)20(26-19)27-10-11-29-13-14(27)2;;;/h5-8,18H,4,9-17H2,1-3H3,(H2,27,28,33);5-8,16H,4,9-15H2,1-3H3,(H2,25,26,32);4-7,14,22H,3,8-13H2,1-2H3,(H2,23,24,28);3*1H4/t18-;16-;14-;;;/m000.../s1. The lowest BCUT2D eigenvalue weighted by atomic mass is 10.0. The summed E-state index contributed by atoms with van der Waals surface area (Å²) in [6.07, 6.45) is 2.63. The highest BCUT2D eigenvalue weighted by molar-refractivity contribution is 5.91. The number of nitrogens with one attached hydrogen (secondary N) is 7. The van der Waals surface area contributed by atoms with E-state index >= 15 is 0 Å². The minimum absolute atomic E-state index is 0. The number of hydrogen-bond donors (Lipinski definition) is 7. The van der Waals surface area contributed by atoms with E-state index in [2.05, 4.69) is 82.5 Å². The third-order valence-corrected chi connectivity index (χ3v) is 18.1. The zero-order valence-corrected chi connectivity index (χ0v) is 57.9. The summed E-state index contributed by atoms with van der Waals surface area (Å²) >= 11 is 0. The van der Waals surface area contributed by atoms with Crippen molar-refractivity contribution in [3.05, 3.63) is 107 Å². The average Bonchev–Trinajstić information content (AvgIpc) is 1.43. The zero-order chi connectivity index (χ0) is 68.7. The molecule has 0 bridgehead atoms. The molecule has 0 unspecified atom stereocenters. The SMILES string of the molecule is C.C.C.CCNC(=O)Nc1ccc(-c2nc3c(c(N4CCOC[C@@H]4C)n2)CCN(CC(C)=O)C3)cc1.CCNC(=O)Nc1ccc(-c2nc3c(c(N4CCOC[C@@H]4C)n2)CCN(CC2(C)OCCO2)C3)cc1.CCNC(=O)Nc1ccc(-c2nc3c(c(N4CCOC[C@@H]4C)n2)CCNC3)cc1. The molecule has 0 saturated carbocycles. The number of aromatic nitrogens is 6. The van der Waals surface area contributed by atoms with E-state index in [1.54, 1.807) is 6.92 Å². The summed E-state index contributed by atoms with van der Waals surface area (Å²) in [5.74, 6) is 4.65. The molecule has 13 rings (SSSR count). The van der Waals surface area contributed by atoms with Crippen molar-refractivity contribution in [1.82, 2.24) is 61.0 Å². The second-order valence-corrected chi connectivity index (χ2v) is 25.8. The number of hydrogen-bond acceptors (Lipinski definition) is 21. The number of amides is 6. The summed E-state index contributed by atoms with van der Waals surface area (Å²) in [5, 5.41) is 20.1. The summed E-state index contributed by atoms with van der Waals surface area (Å²) in [4.78, 5) is 88.5. The average molecular weight is 1390 g/mol. The van der Waals surface area contributed by atoms with Crippen molar-refractivity contribution in [3.8, 4) is 34.2 Å². The first-order valence-electron chi connectivity index (χ1n) is 34.6. The van der Waals surface area contributed by atoms with Crippen LogP contribution in [0.4, 0.5) is 48.9 Å². The maximum Gasteiger partial charge on any atom is 0.319 e. The van der Waals surface area contributed by atoms with Crippen LogP contribution in [0.2, 0.25) is 0 Å². The van der Waals surface area contributed by atoms with E-state index in [1.807, 2.05) is 100 Å². The number of ether oxygens (including phenoxy) is 5. The van der Waals surface area contributed by atoms with E-state index in [4.69, 9.17) is 53.6 Å². The molecule has 6 aromatic rings. The second-order valence-electron chi connectivity index (χ2n) is 25.8. The third-order valence-electron chi connectivity index (χ3n) is 18.1. The van der Waals surface area contributed by atoms with E-state index in [9.17, 15) is 19.2 Å². The summed E-state index contributed by atoms with van der Waals surface area (Å²) in [5.41, 5.74) is 11.6. The summed E-state index contributed by atoms with van der Waals surface area (Å²) in [6.45, 7) is 31.3. The molecule has 4 fully saturated rings. The molecule has 4 saturated heterocycles. The molecule has 10 heterocycles. The first-order chi connectivity index (χ1) is 47.5. The quantitative estimate of drug-likeness (QED) is 0.0475. The van der Waals surface area contributed by atoms with Gasteiger partial charge in [0.05, 0.1) is 101 Å². The number of fused-ring (bicyclic) bond motifs is 3. The predicted molar refractivity (Wildman–Crippen MR) is 398 cm³/mol. The number of morpholine rings is 3. The molecule has 3 atom stereocenters. The lowest BCUT2D eigenvalue weighted by Crippen LogP contribution is -2.47. The molecular weight excluding hydrogens is 1280 g/mol. The summed E-state index contributed by atoms with van der Waals surface area (Å²) in [7, 11) is 0. The Hall–Kier alpha value is -8.54. The van der Waals surface area contributed by atoms with Gasteiger partial charge >= 0.3 is 18.1 Å². The fourth-order valence-corrected chi connectivity index (χ4v) is 13.2. The number of carbonyl (C=O) groups excluding carboxylic acids is 4. The Morgan fingerprint density at radius 1 is 0.485 bits per heavy atom. The van der Waals surface area contributed by atoms with Gasteiger partial charge in [0.1, 0.15) is 23.2 Å². The number of carbonyl (C=O) groups is 4. The van der Waals surface area contributed by atoms with Crippen molar-refractivity contribution < 1.29 is 42.9 Å². The Balaban J connectivity index is 0.000000191. The number of ketones is 1. The number of benzene rings is 3. The minimum atomic E-state index is -0.568. The highest BCUT2D eigenvalue weighted by Gasteiger charge is 2.37. The Bertz CT molecular complexity index is 3710. The van der Waals surface area contributed by atoms with E-state index in [-0.39, 0.29) is 64.3 Å². The van der Waals surface area contributed by atoms with Crippen LogP contribution < -0.4 is 51.9 Å². The van der Waals surface area contributed by atoms with Gasteiger partial charge in [-0.1, -0.05) is 22.3 Å². The maximum atomic E-state index is 11.9. The molecule has 3 aromatic carbocycles. The molecule has 27 nitrogen and oxygen atoms in total. The van der Waals surface area contributed by atoms with Crippen LogP contribution in [0, 0.1) is 0 Å². The van der Waals surface area contributed by atoms with Gasteiger partial charge < -0.3 is 75.6 Å². The molecule has 0 aliphatic carbocycles. The van der Waals surface area contributed by atoms with Crippen LogP contribution >= 0.6 is 0 Å². The van der Waals surface area contributed by atoms with Crippen molar-refractivity contribution in [2.75, 3.05) is 155 Å². The number of urea groups is 3. The molecule has 27 heteroatoms. The molecule has 6 amide bonds. The number of anilines is 6. The van der Waals surface area contributed by atoms with Crippen LogP contribution in [0.1, 0.15) is 111 Å². The molecule has 101 heavy (non-hydrogen) atoms. The Kier molecular flexibility index (Phi) is 28.5. The Morgan fingerprint density at radius 3 is 1.21 bits per heavy atom. The van der Waals surface area contributed by atoms with Crippen LogP contribution in [0.3, 0.4) is 0 Å². The van der Waals surface area contributed by atoms with Crippen LogP contribution in [-0.4, -0.2) is 212 Å². The maximum absolute atomic E-state index is 11.9. The van der Waals surface area contributed by atoms with E-state index < -0.39 is 5.79 Å². The highest BCUT2D eigenvalue weighted by Crippen LogP contribution is 2.36. The lowest BCUT2D eigenvalue weighted by Gasteiger charge is -2.38. The van der Waals surface area contributed by atoms with E-state index in [0.29, 0.717) is 109 Å². The molecule has 3 aromatic heterocycles. The van der Waals surface area contributed by atoms with Gasteiger partial charge in [0.2, 0.25) is 0 Å². The molecule has 7 aliphatic heterocycles. The van der Waals surface area contributed by atoms with Crippen molar-refractivity contribution in [1.29, 1.82) is 0 Å². The summed E-state index contributed by atoms with van der Waals surface area (Å²) in [6, 6.07) is 23.0. The lowest BCUT2D eigenvalue weighted by molar-refractivity contribution is -0.157. The number of Topliss-reactive ketones (excluding diaryl/α,β-unsaturated/α-hetero) is 1. The van der Waals surface area contributed by atoms with E-state index in [0.717, 1.165) is 141 Å². The fourth-order valence-electron chi connectivity index (χ4n) is 13.2. The Labute approximate surface area is 596 Å². The van der Waals surface area contributed by atoms with Gasteiger partial charge in [-0.05, 0) is 154 Å².